The van der Waals surface area contributed by atoms with Gasteiger partial charge in [-0.3, -0.25) is 4.79 Å². The Morgan fingerprint density at radius 1 is 1.53 bits per heavy atom. The lowest BCUT2D eigenvalue weighted by Gasteiger charge is -2.09. The van der Waals surface area contributed by atoms with Crippen LogP contribution in [0.5, 0.6) is 0 Å². The van der Waals surface area contributed by atoms with E-state index < -0.39 is 18.0 Å². The zero-order valence-electron chi connectivity index (χ0n) is 10.3. The minimum absolute atomic E-state index is 0.0927. The van der Waals surface area contributed by atoms with Crippen LogP contribution in [0.1, 0.15) is 5.56 Å². The number of hydrogen-bond acceptors (Lipinski definition) is 3. The highest BCUT2D eigenvalue weighted by Crippen LogP contribution is 2.11. The highest BCUT2D eigenvalue weighted by Gasteiger charge is 2.16. The van der Waals surface area contributed by atoms with Gasteiger partial charge in [-0.05, 0) is 23.8 Å². The molecular formula is C13H14ClNO4. The smallest absolute Gasteiger partial charge is 0.334 e. The minimum atomic E-state index is -1.12. The average Bonchev–Trinajstić information content (AvgIpc) is 2.37. The second-order valence-corrected chi connectivity index (χ2v) is 4.13. The maximum absolute atomic E-state index is 11.5. The Hall–Kier alpha value is -1.85. The first kappa shape index (κ1) is 15.2. The van der Waals surface area contributed by atoms with Crippen molar-refractivity contribution in [2.24, 2.45) is 0 Å². The van der Waals surface area contributed by atoms with Gasteiger partial charge >= 0.3 is 5.97 Å². The van der Waals surface area contributed by atoms with Gasteiger partial charge in [0.1, 0.15) is 0 Å². The van der Waals surface area contributed by atoms with Crippen LogP contribution in [0, 0.1) is 0 Å². The SMILES string of the molecule is COC(CNC(=O)/C=C/c1cccc(Cl)c1)C(=O)O. The molecule has 0 bridgehead atoms. The summed E-state index contributed by atoms with van der Waals surface area (Å²) < 4.78 is 4.68. The maximum atomic E-state index is 11.5. The number of rotatable bonds is 6. The number of carboxylic acid groups (broad SMARTS) is 1. The molecule has 1 aromatic carbocycles. The average molecular weight is 284 g/mol. The number of aliphatic carboxylic acids is 1. The van der Waals surface area contributed by atoms with Gasteiger partial charge in [0.15, 0.2) is 6.10 Å². The highest BCUT2D eigenvalue weighted by atomic mass is 35.5. The van der Waals surface area contributed by atoms with E-state index in [1.165, 1.54) is 13.2 Å². The van der Waals surface area contributed by atoms with Crippen molar-refractivity contribution in [3.05, 3.63) is 40.9 Å². The molecule has 102 valence electrons. The predicted molar refractivity (Wildman–Crippen MR) is 71.9 cm³/mol. The quantitative estimate of drug-likeness (QED) is 0.777. The van der Waals surface area contributed by atoms with Gasteiger partial charge in [0.2, 0.25) is 5.91 Å². The Kier molecular flexibility index (Phi) is 6.05. The summed E-state index contributed by atoms with van der Waals surface area (Å²) in [6, 6.07) is 7.01. The van der Waals surface area contributed by atoms with Crippen LogP contribution < -0.4 is 5.32 Å². The molecule has 0 heterocycles. The van der Waals surface area contributed by atoms with Gasteiger partial charge in [-0.1, -0.05) is 23.7 Å². The van der Waals surface area contributed by atoms with Crippen LogP contribution in [0.2, 0.25) is 5.02 Å². The normalized spacial score (nSPS) is 12.3. The summed E-state index contributed by atoms with van der Waals surface area (Å²) in [6.45, 7) is -0.0927. The lowest BCUT2D eigenvalue weighted by atomic mass is 10.2. The molecule has 1 rings (SSSR count). The van der Waals surface area contributed by atoms with Crippen LogP contribution in [0.3, 0.4) is 0 Å². The number of benzene rings is 1. The molecule has 1 aromatic rings. The minimum Gasteiger partial charge on any atom is -0.479 e. The van der Waals surface area contributed by atoms with Crippen LogP contribution in [-0.4, -0.2) is 36.7 Å². The summed E-state index contributed by atoms with van der Waals surface area (Å²) in [4.78, 5) is 22.1. The molecule has 1 atom stereocenters. The fourth-order valence-electron chi connectivity index (χ4n) is 1.31. The van der Waals surface area contributed by atoms with E-state index in [9.17, 15) is 9.59 Å². The van der Waals surface area contributed by atoms with Gasteiger partial charge in [-0.15, -0.1) is 0 Å². The van der Waals surface area contributed by atoms with E-state index in [2.05, 4.69) is 10.1 Å². The molecule has 2 N–H and O–H groups in total. The van der Waals surface area contributed by atoms with E-state index in [-0.39, 0.29) is 6.54 Å². The van der Waals surface area contributed by atoms with Crippen molar-refractivity contribution in [2.45, 2.75) is 6.10 Å². The maximum Gasteiger partial charge on any atom is 0.334 e. The number of carbonyl (C=O) groups is 2. The summed E-state index contributed by atoms with van der Waals surface area (Å²) in [6.07, 6.45) is 1.84. The zero-order chi connectivity index (χ0) is 14.3. The van der Waals surface area contributed by atoms with E-state index in [1.807, 2.05) is 0 Å². The van der Waals surface area contributed by atoms with E-state index >= 15 is 0 Å². The Balaban J connectivity index is 2.49. The molecule has 0 fully saturated rings. The van der Waals surface area contributed by atoms with Gasteiger partial charge in [0.25, 0.3) is 0 Å². The monoisotopic (exact) mass is 283 g/mol. The topological polar surface area (TPSA) is 75.6 Å². The Morgan fingerprint density at radius 2 is 2.26 bits per heavy atom. The molecule has 0 aromatic heterocycles. The number of methoxy groups -OCH3 is 1. The fourth-order valence-corrected chi connectivity index (χ4v) is 1.50. The van der Waals surface area contributed by atoms with Crippen LogP contribution in [0.25, 0.3) is 6.08 Å². The molecule has 1 amide bonds. The predicted octanol–water partition coefficient (Wildman–Crippen LogP) is 1.57. The molecule has 0 aliphatic rings. The lowest BCUT2D eigenvalue weighted by molar-refractivity contribution is -0.148. The van der Waals surface area contributed by atoms with Crippen molar-refractivity contribution in [3.63, 3.8) is 0 Å². The van der Waals surface area contributed by atoms with Gasteiger partial charge < -0.3 is 15.2 Å². The zero-order valence-corrected chi connectivity index (χ0v) is 11.1. The van der Waals surface area contributed by atoms with Gasteiger partial charge in [0, 0.05) is 18.2 Å². The first-order valence-corrected chi connectivity index (χ1v) is 5.88. The van der Waals surface area contributed by atoms with Gasteiger partial charge in [0.05, 0.1) is 6.54 Å². The van der Waals surface area contributed by atoms with Crippen LogP contribution in [0.15, 0.2) is 30.3 Å². The highest BCUT2D eigenvalue weighted by molar-refractivity contribution is 6.30. The van der Waals surface area contributed by atoms with Crippen molar-refractivity contribution in [1.29, 1.82) is 0 Å². The molecule has 0 spiro atoms. The van der Waals surface area contributed by atoms with Gasteiger partial charge in [-0.25, -0.2) is 4.79 Å². The number of amides is 1. The fraction of sp³-hybridized carbons (Fsp3) is 0.231. The molecule has 1 unspecified atom stereocenters. The largest absolute Gasteiger partial charge is 0.479 e. The Morgan fingerprint density at radius 3 is 2.84 bits per heavy atom. The standard InChI is InChI=1S/C13H14ClNO4/c1-19-11(13(17)18)8-15-12(16)6-5-9-3-2-4-10(14)7-9/h2-7,11H,8H2,1H3,(H,15,16)(H,17,18)/b6-5+. The number of carboxylic acids is 1. The first-order valence-electron chi connectivity index (χ1n) is 5.50. The molecule has 19 heavy (non-hydrogen) atoms. The van der Waals surface area contributed by atoms with Crippen molar-refractivity contribution < 1.29 is 19.4 Å². The van der Waals surface area contributed by atoms with Crippen LogP contribution in [-0.2, 0) is 14.3 Å². The number of carbonyl (C=O) groups excluding carboxylic acids is 1. The van der Waals surface area contributed by atoms with Crippen molar-refractivity contribution in [1.82, 2.24) is 5.32 Å². The molecule has 5 nitrogen and oxygen atoms in total. The van der Waals surface area contributed by atoms with Crippen LogP contribution in [0.4, 0.5) is 0 Å². The van der Waals surface area contributed by atoms with Crippen LogP contribution >= 0.6 is 11.6 Å². The van der Waals surface area contributed by atoms with E-state index in [4.69, 9.17) is 16.7 Å². The summed E-state index contributed by atoms with van der Waals surface area (Å²) in [5, 5.41) is 11.7. The van der Waals surface area contributed by atoms with E-state index in [0.717, 1.165) is 5.56 Å². The molecule has 0 radical (unpaired) electrons. The molecule has 6 heteroatoms. The molecule has 0 saturated carbocycles. The van der Waals surface area contributed by atoms with E-state index in [1.54, 1.807) is 30.3 Å². The summed E-state index contributed by atoms with van der Waals surface area (Å²) in [5.74, 6) is -1.52. The van der Waals surface area contributed by atoms with Crippen molar-refractivity contribution in [3.8, 4) is 0 Å². The van der Waals surface area contributed by atoms with Crippen molar-refractivity contribution >= 4 is 29.6 Å². The second kappa shape index (κ2) is 7.56. The number of ether oxygens (including phenoxy) is 1. The third kappa shape index (κ3) is 5.54. The molecule has 0 saturated heterocycles. The van der Waals surface area contributed by atoms with Crippen molar-refractivity contribution in [2.75, 3.05) is 13.7 Å². The summed E-state index contributed by atoms with van der Waals surface area (Å²) in [5.41, 5.74) is 0.782. The molecular weight excluding hydrogens is 270 g/mol. The molecule has 0 aliphatic carbocycles. The third-order valence-electron chi connectivity index (χ3n) is 2.30. The number of hydrogen-bond donors (Lipinski definition) is 2. The number of halogens is 1. The Labute approximate surface area is 115 Å². The summed E-state index contributed by atoms with van der Waals surface area (Å²) in [7, 11) is 1.27. The lowest BCUT2D eigenvalue weighted by Crippen LogP contribution is -2.37. The summed E-state index contributed by atoms with van der Waals surface area (Å²) >= 11 is 5.80. The Bertz CT molecular complexity index is 487. The van der Waals surface area contributed by atoms with Gasteiger partial charge in [-0.2, -0.15) is 0 Å². The second-order valence-electron chi connectivity index (χ2n) is 3.70. The third-order valence-corrected chi connectivity index (χ3v) is 2.53. The van der Waals surface area contributed by atoms with E-state index in [0.29, 0.717) is 5.02 Å². The molecule has 0 aliphatic heterocycles. The number of nitrogens with one attached hydrogen (secondary N) is 1. The first-order chi connectivity index (χ1) is 9.02.